The Bertz CT molecular complexity index is 859. The summed E-state index contributed by atoms with van der Waals surface area (Å²) >= 11 is 0. The van der Waals surface area contributed by atoms with Crippen LogP contribution >= 0.6 is 0 Å². The molecule has 0 fully saturated rings. The molecule has 0 rings (SSSR count). The summed E-state index contributed by atoms with van der Waals surface area (Å²) in [5.74, 6) is 0.0223. The summed E-state index contributed by atoms with van der Waals surface area (Å²) in [4.78, 5) is 37.9. The van der Waals surface area contributed by atoms with Gasteiger partial charge in [-0.15, -0.1) is 0 Å². The van der Waals surface area contributed by atoms with Crippen molar-refractivity contribution in [1.82, 2.24) is 0 Å². The van der Waals surface area contributed by atoms with Crippen molar-refractivity contribution >= 4 is 17.9 Å². The molecule has 0 bridgehead atoms. The van der Waals surface area contributed by atoms with Gasteiger partial charge < -0.3 is 14.2 Å². The lowest BCUT2D eigenvalue weighted by atomic mass is 9.99. The molecule has 6 nitrogen and oxygen atoms in total. The lowest BCUT2D eigenvalue weighted by Gasteiger charge is -2.18. The third-order valence-electron chi connectivity index (χ3n) is 11.9. The molecule has 0 N–H and O–H groups in total. The van der Waals surface area contributed by atoms with Gasteiger partial charge in [-0.2, -0.15) is 0 Å². The van der Waals surface area contributed by atoms with E-state index in [9.17, 15) is 14.4 Å². The summed E-state index contributed by atoms with van der Waals surface area (Å²) in [6.07, 6.45) is 46.5. The Labute approximate surface area is 355 Å². The molecule has 0 aromatic heterocycles. The molecule has 0 aliphatic heterocycles. The van der Waals surface area contributed by atoms with Crippen LogP contribution in [0.2, 0.25) is 0 Å². The van der Waals surface area contributed by atoms with E-state index in [1.165, 1.54) is 180 Å². The number of carbonyl (C=O) groups is 3. The standard InChI is InChI=1S/C51H98O6/c1-5-8-10-12-14-16-18-19-20-21-22-27-30-34-38-42-49(52)55-45-48(57-51(54)44-40-36-32-26-17-15-13-11-9-6-2)46-56-50(53)43-39-35-31-28-24-23-25-29-33-37-41-47(4)7-3/h47-48H,5-46H2,1-4H3/t47?,48-/m0/s1. The zero-order valence-electron chi connectivity index (χ0n) is 38.8. The molecule has 0 aromatic rings. The fourth-order valence-corrected chi connectivity index (χ4v) is 7.66. The molecule has 0 aromatic carbocycles. The molecule has 1 unspecified atom stereocenters. The SMILES string of the molecule is CCCCCCCCCCCCCCCCCC(=O)OC[C@@H](COC(=O)CCCCCCCCCCCCC(C)CC)OC(=O)CCCCCCCCCCCC. The molecule has 0 saturated heterocycles. The van der Waals surface area contributed by atoms with Gasteiger partial charge in [0, 0.05) is 19.3 Å². The second-order valence-corrected chi connectivity index (χ2v) is 17.7. The molecule has 57 heavy (non-hydrogen) atoms. The summed E-state index contributed by atoms with van der Waals surface area (Å²) in [5, 5.41) is 0. The van der Waals surface area contributed by atoms with Crippen molar-refractivity contribution in [3.8, 4) is 0 Å². The van der Waals surface area contributed by atoms with Crippen molar-refractivity contribution in [1.29, 1.82) is 0 Å². The maximum Gasteiger partial charge on any atom is 0.306 e. The van der Waals surface area contributed by atoms with Crippen LogP contribution in [0.5, 0.6) is 0 Å². The molecule has 0 aliphatic rings. The Kier molecular flexibility index (Phi) is 44.2. The number of rotatable bonds is 46. The highest BCUT2D eigenvalue weighted by Crippen LogP contribution is 2.17. The van der Waals surface area contributed by atoms with E-state index in [1.54, 1.807) is 0 Å². The monoisotopic (exact) mass is 807 g/mol. The van der Waals surface area contributed by atoms with Gasteiger partial charge in [0.1, 0.15) is 13.2 Å². The first-order chi connectivity index (χ1) is 27.9. The summed E-state index contributed by atoms with van der Waals surface area (Å²) in [6, 6.07) is 0. The lowest BCUT2D eigenvalue weighted by Crippen LogP contribution is -2.30. The number of ether oxygens (including phenoxy) is 3. The maximum atomic E-state index is 12.7. The minimum Gasteiger partial charge on any atom is -0.462 e. The van der Waals surface area contributed by atoms with E-state index in [0.29, 0.717) is 19.3 Å². The Morgan fingerprint density at radius 2 is 0.614 bits per heavy atom. The molecule has 6 heteroatoms. The zero-order chi connectivity index (χ0) is 41.7. The van der Waals surface area contributed by atoms with E-state index in [0.717, 1.165) is 63.7 Å². The Morgan fingerprint density at radius 3 is 0.912 bits per heavy atom. The highest BCUT2D eigenvalue weighted by atomic mass is 16.6. The van der Waals surface area contributed by atoms with Crippen LogP contribution in [0.1, 0.15) is 285 Å². The summed E-state index contributed by atoms with van der Waals surface area (Å²) in [6.45, 7) is 9.03. The van der Waals surface area contributed by atoms with Crippen molar-refractivity contribution in [3.05, 3.63) is 0 Å². The highest BCUT2D eigenvalue weighted by Gasteiger charge is 2.19. The van der Waals surface area contributed by atoms with Gasteiger partial charge in [0.25, 0.3) is 0 Å². The quantitative estimate of drug-likeness (QED) is 0.0346. The normalized spacial score (nSPS) is 12.4. The molecule has 0 heterocycles. The smallest absolute Gasteiger partial charge is 0.306 e. The minimum absolute atomic E-state index is 0.0630. The maximum absolute atomic E-state index is 12.7. The molecule has 0 radical (unpaired) electrons. The van der Waals surface area contributed by atoms with Gasteiger partial charge in [0.2, 0.25) is 0 Å². The Balaban J connectivity index is 4.28. The van der Waals surface area contributed by atoms with Crippen LogP contribution in [0.4, 0.5) is 0 Å². The van der Waals surface area contributed by atoms with Crippen LogP contribution in [0.3, 0.4) is 0 Å². The molecule has 0 saturated carbocycles. The average Bonchev–Trinajstić information content (AvgIpc) is 3.21. The average molecular weight is 807 g/mol. The molecule has 0 spiro atoms. The molecule has 0 aliphatic carbocycles. The molecular weight excluding hydrogens is 709 g/mol. The van der Waals surface area contributed by atoms with Gasteiger partial charge in [-0.1, -0.05) is 246 Å². The van der Waals surface area contributed by atoms with Gasteiger partial charge in [-0.25, -0.2) is 0 Å². The first kappa shape index (κ1) is 55.4. The predicted octanol–water partition coefficient (Wildman–Crippen LogP) is 16.3. The molecular formula is C51H98O6. The van der Waals surface area contributed by atoms with Gasteiger partial charge in [-0.05, 0) is 25.2 Å². The van der Waals surface area contributed by atoms with E-state index in [2.05, 4.69) is 27.7 Å². The number of hydrogen-bond donors (Lipinski definition) is 0. The molecule has 0 amide bonds. The van der Waals surface area contributed by atoms with E-state index < -0.39 is 6.10 Å². The van der Waals surface area contributed by atoms with Crippen LogP contribution in [0, 0.1) is 5.92 Å². The van der Waals surface area contributed by atoms with Gasteiger partial charge in [0.05, 0.1) is 0 Å². The molecule has 338 valence electrons. The van der Waals surface area contributed by atoms with Crippen molar-refractivity contribution in [2.24, 2.45) is 5.92 Å². The highest BCUT2D eigenvalue weighted by molar-refractivity contribution is 5.71. The second-order valence-electron chi connectivity index (χ2n) is 17.7. The third kappa shape index (κ3) is 43.8. The number of carbonyl (C=O) groups excluding carboxylic acids is 3. The van der Waals surface area contributed by atoms with Crippen LogP contribution in [-0.4, -0.2) is 37.2 Å². The van der Waals surface area contributed by atoms with Crippen LogP contribution < -0.4 is 0 Å². The molecule has 2 atom stereocenters. The van der Waals surface area contributed by atoms with Gasteiger partial charge >= 0.3 is 17.9 Å². The van der Waals surface area contributed by atoms with Crippen molar-refractivity contribution in [2.45, 2.75) is 291 Å². The van der Waals surface area contributed by atoms with Gasteiger partial charge in [-0.3, -0.25) is 14.4 Å². The predicted molar refractivity (Wildman–Crippen MR) is 243 cm³/mol. The number of hydrogen-bond acceptors (Lipinski definition) is 6. The zero-order valence-corrected chi connectivity index (χ0v) is 38.8. The number of unbranched alkanes of at least 4 members (excludes halogenated alkanes) is 32. The first-order valence-corrected chi connectivity index (χ1v) is 25.4. The lowest BCUT2D eigenvalue weighted by molar-refractivity contribution is -0.167. The van der Waals surface area contributed by atoms with E-state index in [4.69, 9.17) is 14.2 Å². The Morgan fingerprint density at radius 1 is 0.351 bits per heavy atom. The van der Waals surface area contributed by atoms with E-state index in [1.807, 2.05) is 0 Å². The van der Waals surface area contributed by atoms with Crippen molar-refractivity contribution in [2.75, 3.05) is 13.2 Å². The fraction of sp³-hybridized carbons (Fsp3) is 0.941. The number of esters is 3. The van der Waals surface area contributed by atoms with Crippen molar-refractivity contribution in [3.63, 3.8) is 0 Å². The summed E-state index contributed by atoms with van der Waals surface area (Å²) in [7, 11) is 0. The van der Waals surface area contributed by atoms with Gasteiger partial charge in [0.15, 0.2) is 6.10 Å². The van der Waals surface area contributed by atoms with Crippen LogP contribution in [0.15, 0.2) is 0 Å². The summed E-state index contributed by atoms with van der Waals surface area (Å²) in [5.41, 5.74) is 0. The van der Waals surface area contributed by atoms with E-state index in [-0.39, 0.29) is 31.1 Å². The third-order valence-corrected chi connectivity index (χ3v) is 11.9. The fourth-order valence-electron chi connectivity index (χ4n) is 7.66. The Hall–Kier alpha value is -1.59. The topological polar surface area (TPSA) is 78.9 Å². The minimum atomic E-state index is -0.760. The van der Waals surface area contributed by atoms with E-state index >= 15 is 0 Å². The van der Waals surface area contributed by atoms with Crippen molar-refractivity contribution < 1.29 is 28.6 Å². The largest absolute Gasteiger partial charge is 0.462 e. The van der Waals surface area contributed by atoms with Crippen LogP contribution in [-0.2, 0) is 28.6 Å². The summed E-state index contributed by atoms with van der Waals surface area (Å²) < 4.78 is 16.8. The second kappa shape index (κ2) is 45.5. The van der Waals surface area contributed by atoms with Crippen LogP contribution in [0.25, 0.3) is 0 Å². The first-order valence-electron chi connectivity index (χ1n) is 25.4.